The molecule has 1 fully saturated rings. The van der Waals surface area contributed by atoms with E-state index in [9.17, 15) is 9.59 Å². The SMILES string of the molecule is CC(CN)C(=O)Nc1ccc(C(=O)N2CCCC2c2ccccc2)cc1. The molecular weight excluding hydrogens is 326 g/mol. The Labute approximate surface area is 154 Å². The number of nitrogens with zero attached hydrogens (tertiary/aromatic N) is 1. The number of amides is 2. The van der Waals surface area contributed by atoms with Crippen LogP contribution in [-0.2, 0) is 4.79 Å². The zero-order valence-corrected chi connectivity index (χ0v) is 15.0. The van der Waals surface area contributed by atoms with Gasteiger partial charge >= 0.3 is 0 Å². The molecule has 2 atom stereocenters. The maximum atomic E-state index is 12.9. The molecule has 1 aliphatic rings. The number of benzene rings is 2. The van der Waals surface area contributed by atoms with Crippen LogP contribution in [0.25, 0.3) is 0 Å². The highest BCUT2D eigenvalue weighted by Gasteiger charge is 2.30. The average molecular weight is 351 g/mol. The number of carbonyl (C=O) groups excluding carboxylic acids is 2. The van der Waals surface area contributed by atoms with Crippen LogP contribution in [0.4, 0.5) is 5.69 Å². The van der Waals surface area contributed by atoms with Crippen LogP contribution in [0.15, 0.2) is 54.6 Å². The summed E-state index contributed by atoms with van der Waals surface area (Å²) in [6.45, 7) is 2.85. The van der Waals surface area contributed by atoms with Crippen molar-refractivity contribution in [3.63, 3.8) is 0 Å². The third-order valence-corrected chi connectivity index (χ3v) is 4.90. The van der Waals surface area contributed by atoms with Crippen molar-refractivity contribution in [1.29, 1.82) is 0 Å². The minimum absolute atomic E-state index is 0.0320. The van der Waals surface area contributed by atoms with Gasteiger partial charge in [0.2, 0.25) is 5.91 Å². The number of rotatable bonds is 5. The number of nitrogens with one attached hydrogen (secondary N) is 1. The van der Waals surface area contributed by atoms with E-state index in [0.717, 1.165) is 19.4 Å². The standard InChI is InChI=1S/C21H25N3O2/c1-15(14-22)20(25)23-18-11-9-17(10-12-18)21(26)24-13-5-8-19(24)16-6-3-2-4-7-16/h2-4,6-7,9-12,15,19H,5,8,13-14,22H2,1H3,(H,23,25). The molecule has 3 rings (SSSR count). The lowest BCUT2D eigenvalue weighted by Crippen LogP contribution is -2.30. The lowest BCUT2D eigenvalue weighted by Gasteiger charge is -2.25. The van der Waals surface area contributed by atoms with E-state index in [1.54, 1.807) is 31.2 Å². The normalized spacial score (nSPS) is 17.8. The van der Waals surface area contributed by atoms with Crippen LogP contribution in [0, 0.1) is 5.92 Å². The predicted molar refractivity (Wildman–Crippen MR) is 103 cm³/mol. The second kappa shape index (κ2) is 8.15. The molecule has 3 N–H and O–H groups in total. The molecule has 1 saturated heterocycles. The van der Waals surface area contributed by atoms with E-state index in [1.165, 1.54) is 5.56 Å². The van der Waals surface area contributed by atoms with E-state index >= 15 is 0 Å². The van der Waals surface area contributed by atoms with E-state index in [4.69, 9.17) is 5.73 Å². The second-order valence-electron chi connectivity index (χ2n) is 6.77. The number of hydrogen-bond donors (Lipinski definition) is 2. The Bertz CT molecular complexity index is 759. The minimum atomic E-state index is -0.243. The highest BCUT2D eigenvalue weighted by atomic mass is 16.2. The van der Waals surface area contributed by atoms with Gasteiger partial charge in [0.05, 0.1) is 6.04 Å². The molecule has 1 aliphatic heterocycles. The van der Waals surface area contributed by atoms with Gasteiger partial charge in [0, 0.05) is 30.3 Å². The van der Waals surface area contributed by atoms with Gasteiger partial charge in [-0.3, -0.25) is 9.59 Å². The molecule has 2 aromatic rings. The summed E-state index contributed by atoms with van der Waals surface area (Å²) in [6, 6.07) is 17.4. The van der Waals surface area contributed by atoms with Crippen LogP contribution >= 0.6 is 0 Å². The van der Waals surface area contributed by atoms with Crippen LogP contribution in [0.3, 0.4) is 0 Å². The Morgan fingerprint density at radius 1 is 1.15 bits per heavy atom. The molecule has 0 saturated carbocycles. The second-order valence-corrected chi connectivity index (χ2v) is 6.77. The molecule has 26 heavy (non-hydrogen) atoms. The Morgan fingerprint density at radius 3 is 2.50 bits per heavy atom. The van der Waals surface area contributed by atoms with Crippen molar-refractivity contribution in [2.75, 3.05) is 18.4 Å². The van der Waals surface area contributed by atoms with Crippen LogP contribution in [0.1, 0.15) is 41.7 Å². The summed E-state index contributed by atoms with van der Waals surface area (Å²) in [4.78, 5) is 26.8. The fourth-order valence-corrected chi connectivity index (χ4v) is 3.27. The molecule has 5 nitrogen and oxygen atoms in total. The number of nitrogens with two attached hydrogens (primary N) is 1. The fourth-order valence-electron chi connectivity index (χ4n) is 3.27. The number of likely N-dealkylation sites (tertiary alicyclic amines) is 1. The molecule has 5 heteroatoms. The van der Waals surface area contributed by atoms with E-state index < -0.39 is 0 Å². The Morgan fingerprint density at radius 2 is 1.85 bits per heavy atom. The first-order chi connectivity index (χ1) is 12.6. The Kier molecular flexibility index (Phi) is 5.68. The summed E-state index contributed by atoms with van der Waals surface area (Å²) in [7, 11) is 0. The maximum absolute atomic E-state index is 12.9. The summed E-state index contributed by atoms with van der Waals surface area (Å²) in [5.41, 5.74) is 8.00. The van der Waals surface area contributed by atoms with Crippen molar-refractivity contribution in [2.24, 2.45) is 11.7 Å². The van der Waals surface area contributed by atoms with Gasteiger partial charge in [0.25, 0.3) is 5.91 Å². The Balaban J connectivity index is 1.70. The van der Waals surface area contributed by atoms with Crippen LogP contribution in [-0.4, -0.2) is 29.8 Å². The van der Waals surface area contributed by atoms with Gasteiger partial charge in [-0.05, 0) is 42.7 Å². The molecule has 0 radical (unpaired) electrons. The average Bonchev–Trinajstić information content (AvgIpc) is 3.18. The van der Waals surface area contributed by atoms with E-state index in [-0.39, 0.29) is 23.8 Å². The monoisotopic (exact) mass is 351 g/mol. The quantitative estimate of drug-likeness (QED) is 0.868. The van der Waals surface area contributed by atoms with Gasteiger partial charge in [-0.1, -0.05) is 37.3 Å². The lowest BCUT2D eigenvalue weighted by atomic mass is 10.0. The zero-order valence-electron chi connectivity index (χ0n) is 15.0. The summed E-state index contributed by atoms with van der Waals surface area (Å²) < 4.78 is 0. The van der Waals surface area contributed by atoms with Crippen LogP contribution in [0.5, 0.6) is 0 Å². The summed E-state index contributed by atoms with van der Waals surface area (Å²) in [5, 5.41) is 2.82. The number of anilines is 1. The number of hydrogen-bond acceptors (Lipinski definition) is 3. The first kappa shape index (κ1) is 18.1. The topological polar surface area (TPSA) is 75.4 Å². The van der Waals surface area contributed by atoms with Crippen LogP contribution in [0.2, 0.25) is 0 Å². The third-order valence-electron chi connectivity index (χ3n) is 4.90. The van der Waals surface area contributed by atoms with Crippen molar-refractivity contribution in [3.05, 3.63) is 65.7 Å². The molecule has 136 valence electrons. The van der Waals surface area contributed by atoms with Gasteiger partial charge in [-0.2, -0.15) is 0 Å². The van der Waals surface area contributed by atoms with Crippen molar-refractivity contribution in [2.45, 2.75) is 25.8 Å². The third kappa shape index (κ3) is 3.94. The van der Waals surface area contributed by atoms with E-state index in [2.05, 4.69) is 17.4 Å². The van der Waals surface area contributed by atoms with Gasteiger partial charge in [-0.25, -0.2) is 0 Å². The molecule has 2 aromatic carbocycles. The molecule has 1 heterocycles. The summed E-state index contributed by atoms with van der Waals surface area (Å²) in [5.74, 6) is -0.327. The van der Waals surface area contributed by atoms with E-state index in [0.29, 0.717) is 17.8 Å². The van der Waals surface area contributed by atoms with Crippen LogP contribution < -0.4 is 11.1 Å². The summed E-state index contributed by atoms with van der Waals surface area (Å²) in [6.07, 6.45) is 2.00. The first-order valence-corrected chi connectivity index (χ1v) is 9.07. The molecule has 0 aliphatic carbocycles. The molecular formula is C21H25N3O2. The maximum Gasteiger partial charge on any atom is 0.254 e. The largest absolute Gasteiger partial charge is 0.332 e. The Hall–Kier alpha value is -2.66. The van der Waals surface area contributed by atoms with Gasteiger partial charge in [0.1, 0.15) is 0 Å². The number of carbonyl (C=O) groups is 2. The molecule has 2 unspecified atom stereocenters. The van der Waals surface area contributed by atoms with Gasteiger partial charge in [-0.15, -0.1) is 0 Å². The highest BCUT2D eigenvalue weighted by Crippen LogP contribution is 2.33. The predicted octanol–water partition coefficient (Wildman–Crippen LogP) is 3.20. The lowest BCUT2D eigenvalue weighted by molar-refractivity contribution is -0.119. The smallest absolute Gasteiger partial charge is 0.254 e. The fraction of sp³-hybridized carbons (Fsp3) is 0.333. The van der Waals surface area contributed by atoms with E-state index in [1.807, 2.05) is 23.1 Å². The minimum Gasteiger partial charge on any atom is -0.332 e. The van der Waals surface area contributed by atoms with Gasteiger partial charge < -0.3 is 16.0 Å². The summed E-state index contributed by atoms with van der Waals surface area (Å²) >= 11 is 0. The highest BCUT2D eigenvalue weighted by molar-refractivity contribution is 5.96. The first-order valence-electron chi connectivity index (χ1n) is 9.07. The molecule has 0 bridgehead atoms. The molecule has 0 spiro atoms. The van der Waals surface area contributed by atoms with Gasteiger partial charge in [0.15, 0.2) is 0 Å². The van der Waals surface area contributed by atoms with Crippen molar-refractivity contribution in [1.82, 2.24) is 4.90 Å². The van der Waals surface area contributed by atoms with Crippen molar-refractivity contribution >= 4 is 17.5 Å². The van der Waals surface area contributed by atoms with Crippen molar-refractivity contribution in [3.8, 4) is 0 Å². The molecule has 2 amide bonds. The zero-order chi connectivity index (χ0) is 18.5. The molecule has 0 aromatic heterocycles. The van der Waals surface area contributed by atoms with Crippen molar-refractivity contribution < 1.29 is 9.59 Å².